The highest BCUT2D eigenvalue weighted by Crippen LogP contribution is 2.53. The van der Waals surface area contributed by atoms with Gasteiger partial charge in [-0.15, -0.1) is 0 Å². The lowest BCUT2D eigenvalue weighted by molar-refractivity contribution is -0.122. The molecule has 4 aromatic rings. The second-order valence-corrected chi connectivity index (χ2v) is 11.5. The number of amides is 2. The van der Waals surface area contributed by atoms with E-state index in [9.17, 15) is 14.4 Å². The summed E-state index contributed by atoms with van der Waals surface area (Å²) < 4.78 is 11.2. The number of thiazole rings is 1. The number of nitrogens with zero attached hydrogens (tertiary/aromatic N) is 1. The first kappa shape index (κ1) is 24.5. The number of H-pyrrole nitrogens is 1. The Balaban J connectivity index is 1.31. The van der Waals surface area contributed by atoms with Crippen molar-refractivity contribution in [3.05, 3.63) is 104 Å². The third kappa shape index (κ3) is 4.31. The van der Waals surface area contributed by atoms with Crippen molar-refractivity contribution in [2.45, 2.75) is 29.7 Å². The molecule has 1 fully saturated rings. The van der Waals surface area contributed by atoms with E-state index in [0.717, 1.165) is 27.3 Å². The Morgan fingerprint density at radius 1 is 0.921 bits per heavy atom. The van der Waals surface area contributed by atoms with Gasteiger partial charge < -0.3 is 14.5 Å². The Morgan fingerprint density at radius 2 is 1.66 bits per heavy atom. The normalized spacial score (nSPS) is 20.3. The van der Waals surface area contributed by atoms with Crippen LogP contribution in [0.25, 0.3) is 0 Å². The molecule has 2 aliphatic heterocycles. The van der Waals surface area contributed by atoms with Gasteiger partial charge in [0.2, 0.25) is 11.8 Å². The molecule has 1 N–H and O–H groups in total. The lowest BCUT2D eigenvalue weighted by Gasteiger charge is -2.29. The number of imide groups is 1. The summed E-state index contributed by atoms with van der Waals surface area (Å²) in [5.41, 5.74) is 3.62. The number of rotatable bonds is 6. The Morgan fingerprint density at radius 3 is 2.37 bits per heavy atom. The number of methoxy groups -OCH3 is 1. The maximum absolute atomic E-state index is 13.8. The van der Waals surface area contributed by atoms with Crippen molar-refractivity contribution in [2.75, 3.05) is 12.0 Å². The molecule has 2 amide bonds. The fourth-order valence-electron chi connectivity index (χ4n) is 5.10. The van der Waals surface area contributed by atoms with Crippen molar-refractivity contribution in [2.24, 2.45) is 5.92 Å². The number of aromatic amines is 1. The topological polar surface area (TPSA) is 88.7 Å². The molecule has 6 rings (SSSR count). The SMILES string of the molecule is COc1ccc(N2C(=O)C3Sc4[nH]c(=O)sc4C(c4ccc(OCc5cccc(C)c5)cc4)C3C2=O)cc1. The van der Waals surface area contributed by atoms with Crippen LogP contribution in [0, 0.1) is 12.8 Å². The van der Waals surface area contributed by atoms with Crippen LogP contribution in [-0.4, -0.2) is 29.2 Å². The molecule has 9 heteroatoms. The van der Waals surface area contributed by atoms with Crippen LogP contribution < -0.4 is 19.2 Å². The lowest BCUT2D eigenvalue weighted by Crippen LogP contribution is -2.32. The Hall–Kier alpha value is -3.82. The first-order valence-electron chi connectivity index (χ1n) is 12.1. The smallest absolute Gasteiger partial charge is 0.305 e. The van der Waals surface area contributed by atoms with E-state index >= 15 is 0 Å². The summed E-state index contributed by atoms with van der Waals surface area (Å²) in [6, 6.07) is 22.6. The number of fused-ring (bicyclic) bond motifs is 2. The van der Waals surface area contributed by atoms with E-state index in [1.807, 2.05) is 49.4 Å². The number of hydrogen-bond acceptors (Lipinski definition) is 7. The number of aryl methyl sites for hydroxylation is 1. The van der Waals surface area contributed by atoms with Crippen LogP contribution in [0.1, 0.15) is 27.5 Å². The zero-order valence-electron chi connectivity index (χ0n) is 20.7. The van der Waals surface area contributed by atoms with E-state index in [4.69, 9.17) is 9.47 Å². The van der Waals surface area contributed by atoms with Gasteiger partial charge in [0.1, 0.15) is 23.4 Å². The monoisotopic (exact) mass is 544 g/mol. The molecule has 0 radical (unpaired) electrons. The van der Waals surface area contributed by atoms with E-state index < -0.39 is 17.1 Å². The van der Waals surface area contributed by atoms with Gasteiger partial charge in [0.05, 0.1) is 23.7 Å². The predicted octanol–water partition coefficient (Wildman–Crippen LogP) is 5.13. The minimum Gasteiger partial charge on any atom is -0.497 e. The second kappa shape index (κ2) is 9.81. The van der Waals surface area contributed by atoms with Gasteiger partial charge in [-0.2, -0.15) is 0 Å². The number of benzene rings is 3. The fraction of sp³-hybridized carbons (Fsp3) is 0.207. The molecule has 38 heavy (non-hydrogen) atoms. The number of carbonyl (C=O) groups excluding carboxylic acids is 2. The number of carbonyl (C=O) groups is 2. The molecular formula is C29H24N2O5S2. The number of anilines is 1. The van der Waals surface area contributed by atoms with Crippen LogP contribution in [0.3, 0.4) is 0 Å². The molecule has 3 atom stereocenters. The third-order valence-corrected chi connectivity index (χ3v) is 9.28. The summed E-state index contributed by atoms with van der Waals surface area (Å²) in [5.74, 6) is -0.265. The average Bonchev–Trinajstić information content (AvgIpc) is 3.42. The van der Waals surface area contributed by atoms with Crippen molar-refractivity contribution in [1.82, 2.24) is 4.98 Å². The van der Waals surface area contributed by atoms with Gasteiger partial charge in [-0.1, -0.05) is 65.1 Å². The Kier molecular flexibility index (Phi) is 6.33. The van der Waals surface area contributed by atoms with E-state index in [-0.39, 0.29) is 16.7 Å². The number of aromatic nitrogens is 1. The van der Waals surface area contributed by atoms with Gasteiger partial charge in [-0.3, -0.25) is 14.4 Å². The maximum atomic E-state index is 13.8. The molecule has 0 bridgehead atoms. The molecule has 192 valence electrons. The minimum absolute atomic E-state index is 0.197. The lowest BCUT2D eigenvalue weighted by atomic mass is 9.83. The third-order valence-electron chi connectivity index (χ3n) is 6.88. The summed E-state index contributed by atoms with van der Waals surface area (Å²) in [4.78, 5) is 44.4. The quantitative estimate of drug-likeness (QED) is 0.339. The van der Waals surface area contributed by atoms with Gasteiger partial charge in [0, 0.05) is 10.8 Å². The summed E-state index contributed by atoms with van der Waals surface area (Å²) >= 11 is 2.37. The van der Waals surface area contributed by atoms with E-state index in [2.05, 4.69) is 11.1 Å². The molecule has 1 saturated heterocycles. The molecule has 1 aromatic heterocycles. The highest BCUT2D eigenvalue weighted by Gasteiger charge is 2.56. The van der Waals surface area contributed by atoms with Crippen molar-refractivity contribution in [3.8, 4) is 11.5 Å². The fourth-order valence-corrected chi connectivity index (χ4v) is 7.62. The van der Waals surface area contributed by atoms with E-state index in [1.165, 1.54) is 22.2 Å². The molecule has 3 aromatic carbocycles. The summed E-state index contributed by atoms with van der Waals surface area (Å²) in [5, 5.41) is 0.0216. The Bertz CT molecular complexity index is 1580. The van der Waals surface area contributed by atoms with Gasteiger partial charge in [0.25, 0.3) is 0 Å². The first-order chi connectivity index (χ1) is 18.4. The molecule has 3 heterocycles. The van der Waals surface area contributed by atoms with Crippen LogP contribution in [0.4, 0.5) is 5.69 Å². The number of nitrogens with one attached hydrogen (secondary N) is 1. The second-order valence-electron chi connectivity index (χ2n) is 9.31. The summed E-state index contributed by atoms with van der Waals surface area (Å²) in [6.45, 7) is 2.49. The van der Waals surface area contributed by atoms with Crippen LogP contribution in [0.15, 0.2) is 82.6 Å². The van der Waals surface area contributed by atoms with Crippen molar-refractivity contribution in [3.63, 3.8) is 0 Å². The van der Waals surface area contributed by atoms with Gasteiger partial charge in [-0.05, 0) is 54.4 Å². The molecule has 0 spiro atoms. The number of hydrogen-bond donors (Lipinski definition) is 1. The zero-order valence-corrected chi connectivity index (χ0v) is 22.3. The maximum Gasteiger partial charge on any atom is 0.305 e. The van der Waals surface area contributed by atoms with Crippen molar-refractivity contribution >= 4 is 40.6 Å². The number of thioether (sulfide) groups is 1. The molecule has 2 aliphatic rings. The van der Waals surface area contributed by atoms with Crippen LogP contribution in [0.5, 0.6) is 11.5 Å². The molecular weight excluding hydrogens is 520 g/mol. The van der Waals surface area contributed by atoms with E-state index in [0.29, 0.717) is 28.8 Å². The zero-order chi connectivity index (χ0) is 26.4. The summed E-state index contributed by atoms with van der Waals surface area (Å²) in [7, 11) is 1.56. The van der Waals surface area contributed by atoms with Crippen LogP contribution in [0.2, 0.25) is 0 Å². The van der Waals surface area contributed by atoms with Gasteiger partial charge >= 0.3 is 4.87 Å². The highest BCUT2D eigenvalue weighted by atomic mass is 32.2. The van der Waals surface area contributed by atoms with E-state index in [1.54, 1.807) is 31.4 Å². The first-order valence-corrected chi connectivity index (χ1v) is 13.8. The molecule has 0 aliphatic carbocycles. The van der Waals surface area contributed by atoms with Crippen LogP contribution in [-0.2, 0) is 16.2 Å². The molecule has 0 saturated carbocycles. The largest absolute Gasteiger partial charge is 0.497 e. The highest BCUT2D eigenvalue weighted by molar-refractivity contribution is 8.00. The molecule has 3 unspecified atom stereocenters. The Labute approximate surface area is 227 Å². The van der Waals surface area contributed by atoms with Crippen LogP contribution >= 0.6 is 23.1 Å². The van der Waals surface area contributed by atoms with Gasteiger partial charge in [0.15, 0.2) is 0 Å². The molecule has 7 nitrogen and oxygen atoms in total. The van der Waals surface area contributed by atoms with Crippen molar-refractivity contribution in [1.29, 1.82) is 0 Å². The minimum atomic E-state index is -0.635. The summed E-state index contributed by atoms with van der Waals surface area (Å²) in [6.07, 6.45) is 0. The average molecular weight is 545 g/mol. The van der Waals surface area contributed by atoms with Crippen molar-refractivity contribution < 1.29 is 19.1 Å². The standard InChI is InChI=1S/C29H24N2O5S2/c1-16-4-3-5-17(14-16)15-36-21-10-6-18(7-11-21)22-23-25(37-26-24(22)38-29(34)30-26)28(33)31(27(23)32)19-8-12-20(35-2)13-9-19/h3-14,22-23,25H,15H2,1-2H3,(H,30,34). The number of ether oxygens (including phenoxy) is 2. The predicted molar refractivity (Wildman–Crippen MR) is 147 cm³/mol. The van der Waals surface area contributed by atoms with Gasteiger partial charge in [-0.25, -0.2) is 4.90 Å².